The maximum atomic E-state index is 12.9. The van der Waals surface area contributed by atoms with Crippen LogP contribution < -0.4 is 5.56 Å². The van der Waals surface area contributed by atoms with Gasteiger partial charge in [-0.1, -0.05) is 18.2 Å². The lowest BCUT2D eigenvalue weighted by molar-refractivity contribution is 0.0697. The highest BCUT2D eigenvalue weighted by atomic mass is 16.4. The minimum Gasteiger partial charge on any atom is -0.478 e. The molecule has 0 aliphatic rings. The summed E-state index contributed by atoms with van der Waals surface area (Å²) < 4.78 is 2.98. The van der Waals surface area contributed by atoms with Gasteiger partial charge in [0.1, 0.15) is 11.2 Å². The minimum atomic E-state index is -1.01. The fraction of sp³-hybridized carbons (Fsp3) is 0.136. The summed E-state index contributed by atoms with van der Waals surface area (Å²) in [7, 11) is 1.78. The van der Waals surface area contributed by atoms with Gasteiger partial charge in [-0.05, 0) is 29.8 Å². The zero-order valence-electron chi connectivity index (χ0n) is 16.6. The number of pyridine rings is 1. The van der Waals surface area contributed by atoms with E-state index >= 15 is 0 Å². The first-order valence-electron chi connectivity index (χ1n) is 9.48. The van der Waals surface area contributed by atoms with Crippen LogP contribution in [0.25, 0.3) is 34.3 Å². The first-order chi connectivity index (χ1) is 15.0. The highest BCUT2D eigenvalue weighted by molar-refractivity contribution is 5.92. The number of carboxylic acid groups (broad SMARTS) is 1. The lowest BCUT2D eigenvalue weighted by Crippen LogP contribution is -2.22. The van der Waals surface area contributed by atoms with Crippen LogP contribution in [0.1, 0.15) is 21.6 Å². The molecule has 9 heteroatoms. The van der Waals surface area contributed by atoms with Gasteiger partial charge in [-0.2, -0.15) is 5.10 Å². The highest BCUT2D eigenvalue weighted by Crippen LogP contribution is 2.25. The molecule has 31 heavy (non-hydrogen) atoms. The van der Waals surface area contributed by atoms with Crippen LogP contribution in [0.4, 0.5) is 0 Å². The summed E-state index contributed by atoms with van der Waals surface area (Å²) in [5.74, 6) is -1.01. The number of aromatic nitrogens is 5. The van der Waals surface area contributed by atoms with Crippen molar-refractivity contribution in [3.8, 4) is 11.3 Å². The molecule has 4 rings (SSSR count). The largest absolute Gasteiger partial charge is 0.478 e. The molecule has 0 bridgehead atoms. The standard InChI is InChI=1S/C22H19N5O4/c1-26-12-16(11-24-26)19-20-18(21(29)27(7-8-28)13-23-20)10-17(25-19)6-5-14-3-2-4-15(9-14)22(30)31/h2-6,9-13,28H,7-8H2,1H3,(H,30,31)/b6-5+. The number of carbonyl (C=O) groups is 1. The van der Waals surface area contributed by atoms with Crippen molar-refractivity contribution in [2.75, 3.05) is 6.61 Å². The molecule has 0 saturated carbocycles. The molecule has 9 nitrogen and oxygen atoms in total. The number of benzene rings is 1. The van der Waals surface area contributed by atoms with Gasteiger partial charge in [0.25, 0.3) is 5.56 Å². The Balaban J connectivity index is 1.87. The Hall–Kier alpha value is -4.11. The van der Waals surface area contributed by atoms with Gasteiger partial charge in [0.05, 0.1) is 42.3 Å². The zero-order valence-corrected chi connectivity index (χ0v) is 16.6. The van der Waals surface area contributed by atoms with E-state index in [1.165, 1.54) is 17.0 Å². The van der Waals surface area contributed by atoms with Crippen LogP contribution in [0.2, 0.25) is 0 Å². The minimum absolute atomic E-state index is 0.138. The molecule has 0 fully saturated rings. The van der Waals surface area contributed by atoms with Gasteiger partial charge < -0.3 is 10.2 Å². The number of aryl methyl sites for hydroxylation is 1. The van der Waals surface area contributed by atoms with E-state index in [1.807, 2.05) is 0 Å². The number of aromatic carboxylic acids is 1. The predicted molar refractivity (Wildman–Crippen MR) is 115 cm³/mol. The van der Waals surface area contributed by atoms with Crippen molar-refractivity contribution in [2.45, 2.75) is 6.54 Å². The predicted octanol–water partition coefficient (Wildman–Crippen LogP) is 2.05. The normalized spacial score (nSPS) is 11.4. The maximum absolute atomic E-state index is 12.9. The zero-order chi connectivity index (χ0) is 22.0. The van der Waals surface area contributed by atoms with E-state index in [0.717, 1.165) is 0 Å². The van der Waals surface area contributed by atoms with Gasteiger partial charge in [0, 0.05) is 18.8 Å². The van der Waals surface area contributed by atoms with Crippen LogP contribution in [0, 0.1) is 0 Å². The second-order valence-corrected chi connectivity index (χ2v) is 6.93. The topological polar surface area (TPSA) is 123 Å². The maximum Gasteiger partial charge on any atom is 0.335 e. The van der Waals surface area contributed by atoms with E-state index in [2.05, 4.69) is 15.1 Å². The van der Waals surface area contributed by atoms with E-state index in [0.29, 0.717) is 33.4 Å². The molecule has 2 N–H and O–H groups in total. The molecular formula is C22H19N5O4. The number of aliphatic hydroxyl groups is 1. The third-order valence-corrected chi connectivity index (χ3v) is 4.73. The first kappa shape index (κ1) is 20.2. The molecular weight excluding hydrogens is 398 g/mol. The van der Waals surface area contributed by atoms with E-state index in [-0.39, 0.29) is 24.3 Å². The molecule has 0 saturated heterocycles. The number of hydrogen-bond acceptors (Lipinski definition) is 6. The van der Waals surface area contributed by atoms with Crippen LogP contribution in [0.3, 0.4) is 0 Å². The summed E-state index contributed by atoms with van der Waals surface area (Å²) in [6.07, 6.45) is 8.27. The quantitative estimate of drug-likeness (QED) is 0.492. The van der Waals surface area contributed by atoms with Crippen LogP contribution in [0.15, 0.2) is 53.8 Å². The number of nitrogens with zero attached hydrogens (tertiary/aromatic N) is 5. The lowest BCUT2D eigenvalue weighted by Gasteiger charge is -2.08. The van der Waals surface area contributed by atoms with Gasteiger partial charge >= 0.3 is 5.97 Å². The summed E-state index contributed by atoms with van der Waals surface area (Å²) in [5, 5.41) is 22.9. The fourth-order valence-corrected chi connectivity index (χ4v) is 3.24. The Morgan fingerprint density at radius 1 is 1.23 bits per heavy atom. The van der Waals surface area contributed by atoms with Crippen molar-refractivity contribution in [1.82, 2.24) is 24.3 Å². The molecule has 3 heterocycles. The summed E-state index contributed by atoms with van der Waals surface area (Å²) in [5.41, 5.74) is 2.76. The van der Waals surface area contributed by atoms with Gasteiger partial charge in [-0.15, -0.1) is 0 Å². The van der Waals surface area contributed by atoms with E-state index in [9.17, 15) is 19.8 Å². The van der Waals surface area contributed by atoms with Crippen molar-refractivity contribution in [3.63, 3.8) is 0 Å². The number of hydrogen-bond donors (Lipinski definition) is 2. The molecule has 4 aromatic rings. The van der Waals surface area contributed by atoms with E-state index < -0.39 is 5.97 Å². The van der Waals surface area contributed by atoms with Gasteiger partial charge in [-0.3, -0.25) is 14.0 Å². The average molecular weight is 417 g/mol. The molecule has 0 spiro atoms. The Bertz CT molecular complexity index is 1370. The molecule has 156 valence electrons. The first-order valence-corrected chi connectivity index (χ1v) is 9.48. The molecule has 0 unspecified atom stereocenters. The second-order valence-electron chi connectivity index (χ2n) is 6.93. The van der Waals surface area contributed by atoms with Crippen LogP contribution in [0.5, 0.6) is 0 Å². The van der Waals surface area contributed by atoms with Crippen LogP contribution in [-0.4, -0.2) is 47.1 Å². The second kappa shape index (κ2) is 8.33. The number of carboxylic acids is 1. The summed E-state index contributed by atoms with van der Waals surface area (Å²) in [6, 6.07) is 8.15. The number of aliphatic hydroxyl groups excluding tert-OH is 1. The van der Waals surface area contributed by atoms with Crippen molar-refractivity contribution in [3.05, 3.63) is 76.2 Å². The average Bonchev–Trinajstić information content (AvgIpc) is 3.20. The third-order valence-electron chi connectivity index (χ3n) is 4.73. The van der Waals surface area contributed by atoms with Crippen LogP contribution in [-0.2, 0) is 13.6 Å². The van der Waals surface area contributed by atoms with Crippen molar-refractivity contribution in [2.24, 2.45) is 7.05 Å². The Kier molecular flexibility index (Phi) is 5.42. The van der Waals surface area contributed by atoms with Crippen LogP contribution >= 0.6 is 0 Å². The summed E-state index contributed by atoms with van der Waals surface area (Å²) in [6.45, 7) is -0.0419. The highest BCUT2D eigenvalue weighted by Gasteiger charge is 2.14. The summed E-state index contributed by atoms with van der Waals surface area (Å²) in [4.78, 5) is 33.2. The molecule has 3 aromatic heterocycles. The Morgan fingerprint density at radius 2 is 2.06 bits per heavy atom. The SMILES string of the molecule is Cn1cc(-c2nc(/C=C/c3cccc(C(=O)O)c3)cc3c(=O)n(CCO)cnc23)cn1. The van der Waals surface area contributed by atoms with Gasteiger partial charge in [-0.25, -0.2) is 14.8 Å². The monoisotopic (exact) mass is 417 g/mol. The number of rotatable bonds is 6. The van der Waals surface area contributed by atoms with Crippen molar-refractivity contribution >= 4 is 29.0 Å². The van der Waals surface area contributed by atoms with Crippen molar-refractivity contribution in [1.29, 1.82) is 0 Å². The smallest absolute Gasteiger partial charge is 0.335 e. The lowest BCUT2D eigenvalue weighted by atomic mass is 10.1. The summed E-state index contributed by atoms with van der Waals surface area (Å²) >= 11 is 0. The molecule has 0 atom stereocenters. The van der Waals surface area contributed by atoms with Crippen molar-refractivity contribution < 1.29 is 15.0 Å². The molecule has 0 aliphatic heterocycles. The Labute approximate surface area is 176 Å². The number of fused-ring (bicyclic) bond motifs is 1. The van der Waals surface area contributed by atoms with Gasteiger partial charge in [0.15, 0.2) is 0 Å². The molecule has 0 radical (unpaired) electrons. The van der Waals surface area contributed by atoms with E-state index in [1.54, 1.807) is 60.5 Å². The molecule has 1 aromatic carbocycles. The Morgan fingerprint density at radius 3 is 2.77 bits per heavy atom. The third kappa shape index (κ3) is 4.12. The van der Waals surface area contributed by atoms with Gasteiger partial charge in [0.2, 0.25) is 0 Å². The fourth-order valence-electron chi connectivity index (χ4n) is 3.24. The van der Waals surface area contributed by atoms with E-state index in [4.69, 9.17) is 0 Å². The molecule has 0 amide bonds. The molecule has 0 aliphatic carbocycles.